The van der Waals surface area contributed by atoms with Gasteiger partial charge in [0.1, 0.15) is 0 Å². The number of fused-ring (bicyclic) bond motifs is 1. The summed E-state index contributed by atoms with van der Waals surface area (Å²) in [7, 11) is 0. The molecule has 2 rings (SSSR count). The topological polar surface area (TPSA) is 44.2 Å². The highest BCUT2D eigenvalue weighted by Gasteiger charge is 2.06. The number of thiocarbonyl (C=S) groups is 1. The number of benzene rings is 1. The predicted molar refractivity (Wildman–Crippen MR) is 80.5 cm³/mol. The zero-order valence-electron chi connectivity index (χ0n) is 10.3. The van der Waals surface area contributed by atoms with Gasteiger partial charge in [0.05, 0.1) is 5.52 Å². The molecule has 0 amide bonds. The maximum Gasteiger partial charge on any atom is 0.266 e. The number of nitrogens with zero attached hydrogens (tertiary/aromatic N) is 1. The third-order valence-electron chi connectivity index (χ3n) is 2.72. The second-order valence-corrected chi connectivity index (χ2v) is 4.59. The van der Waals surface area contributed by atoms with Crippen molar-refractivity contribution >= 4 is 46.3 Å². The van der Waals surface area contributed by atoms with Crippen molar-refractivity contribution < 1.29 is 4.42 Å². The molecule has 0 aliphatic rings. The first-order chi connectivity index (χ1) is 8.63. The second-order valence-electron chi connectivity index (χ2n) is 3.83. The van der Waals surface area contributed by atoms with E-state index in [4.69, 9.17) is 28.9 Å². The van der Waals surface area contributed by atoms with Crippen LogP contribution in [0.25, 0.3) is 11.1 Å². The molecule has 18 heavy (non-hydrogen) atoms. The van der Waals surface area contributed by atoms with Crippen LogP contribution in [0.15, 0.2) is 22.6 Å². The Labute approximate surface area is 116 Å². The average molecular weight is 281 g/mol. The van der Waals surface area contributed by atoms with Crippen molar-refractivity contribution in [3.8, 4) is 0 Å². The van der Waals surface area contributed by atoms with Gasteiger partial charge in [-0.25, -0.2) is 0 Å². The summed E-state index contributed by atoms with van der Waals surface area (Å²) in [6.07, 6.45) is 0. The van der Waals surface area contributed by atoms with E-state index in [2.05, 4.69) is 29.0 Å². The van der Waals surface area contributed by atoms with Crippen LogP contribution < -0.4 is 5.32 Å². The van der Waals surface area contributed by atoms with Crippen LogP contribution in [0.3, 0.4) is 0 Å². The Kier molecular flexibility index (Phi) is 3.98. The van der Waals surface area contributed by atoms with Crippen molar-refractivity contribution in [2.75, 3.05) is 18.4 Å². The standard InChI is InChI=1S/C12H15N3OS2/c1-3-15(4-2)11(17)13-8-5-6-10-9(7-8)14-12(18)16-10/h5-7H,3-4H2,1-2H3,(H,13,17)(H,14,18). The molecule has 0 saturated carbocycles. The molecule has 0 atom stereocenters. The van der Waals surface area contributed by atoms with Crippen molar-refractivity contribution in [2.24, 2.45) is 0 Å². The lowest BCUT2D eigenvalue weighted by molar-refractivity contribution is 0.473. The maximum atomic E-state index is 5.34. The lowest BCUT2D eigenvalue weighted by Gasteiger charge is -2.22. The van der Waals surface area contributed by atoms with Crippen molar-refractivity contribution in [1.82, 2.24) is 9.88 Å². The van der Waals surface area contributed by atoms with E-state index < -0.39 is 0 Å². The average Bonchev–Trinajstić information content (AvgIpc) is 2.70. The fourth-order valence-electron chi connectivity index (χ4n) is 1.74. The summed E-state index contributed by atoms with van der Waals surface area (Å²) in [6.45, 7) is 5.93. The maximum absolute atomic E-state index is 5.34. The smallest absolute Gasteiger partial charge is 0.266 e. The molecule has 0 aliphatic carbocycles. The molecule has 1 aromatic heterocycles. The zero-order chi connectivity index (χ0) is 13.1. The van der Waals surface area contributed by atoms with E-state index in [0.29, 0.717) is 4.84 Å². The third-order valence-corrected chi connectivity index (χ3v) is 3.27. The minimum Gasteiger partial charge on any atom is -0.429 e. The second kappa shape index (κ2) is 5.49. The summed E-state index contributed by atoms with van der Waals surface area (Å²) in [4.78, 5) is 5.44. The third kappa shape index (κ3) is 2.70. The van der Waals surface area contributed by atoms with Gasteiger partial charge in [-0.2, -0.15) is 0 Å². The number of nitrogens with one attached hydrogen (secondary N) is 2. The van der Waals surface area contributed by atoms with Crippen molar-refractivity contribution in [1.29, 1.82) is 0 Å². The molecule has 2 aromatic rings. The van der Waals surface area contributed by atoms with E-state index in [-0.39, 0.29) is 0 Å². The first-order valence-corrected chi connectivity index (χ1v) is 6.64. The minimum absolute atomic E-state index is 0.383. The molecule has 0 radical (unpaired) electrons. The summed E-state index contributed by atoms with van der Waals surface area (Å²) in [5.74, 6) is 0. The summed E-state index contributed by atoms with van der Waals surface area (Å²) in [6, 6.07) is 5.73. The Morgan fingerprint density at radius 1 is 1.39 bits per heavy atom. The van der Waals surface area contributed by atoms with Crippen molar-refractivity contribution in [3.05, 3.63) is 23.0 Å². The molecule has 6 heteroatoms. The van der Waals surface area contributed by atoms with Crippen LogP contribution in [0.1, 0.15) is 13.8 Å². The molecule has 0 spiro atoms. The number of hydrogen-bond acceptors (Lipinski definition) is 3. The van der Waals surface area contributed by atoms with Crippen LogP contribution in [0.5, 0.6) is 0 Å². The van der Waals surface area contributed by atoms with Gasteiger partial charge in [0, 0.05) is 18.8 Å². The van der Waals surface area contributed by atoms with Crippen LogP contribution in [-0.2, 0) is 0 Å². The van der Waals surface area contributed by atoms with Crippen LogP contribution in [0, 0.1) is 4.84 Å². The molecule has 0 bridgehead atoms. The highest BCUT2D eigenvalue weighted by molar-refractivity contribution is 7.80. The van der Waals surface area contributed by atoms with Gasteiger partial charge in [-0.15, -0.1) is 0 Å². The van der Waals surface area contributed by atoms with Gasteiger partial charge < -0.3 is 19.6 Å². The SMILES string of the molecule is CCN(CC)C(=S)Nc1ccc2oc(=S)[nH]c2c1. The molecule has 0 saturated heterocycles. The Morgan fingerprint density at radius 2 is 2.11 bits per heavy atom. The van der Waals surface area contributed by atoms with Gasteiger partial charge in [0.15, 0.2) is 10.7 Å². The van der Waals surface area contributed by atoms with E-state index in [0.717, 1.165) is 35.0 Å². The monoisotopic (exact) mass is 281 g/mol. The largest absolute Gasteiger partial charge is 0.429 e. The number of rotatable bonds is 3. The Hall–Kier alpha value is -1.40. The predicted octanol–water partition coefficient (Wildman–Crippen LogP) is 3.53. The highest BCUT2D eigenvalue weighted by atomic mass is 32.1. The van der Waals surface area contributed by atoms with Crippen molar-refractivity contribution in [3.63, 3.8) is 0 Å². The lowest BCUT2D eigenvalue weighted by Crippen LogP contribution is -2.34. The van der Waals surface area contributed by atoms with Gasteiger partial charge in [-0.3, -0.25) is 0 Å². The zero-order valence-corrected chi connectivity index (χ0v) is 12.0. The molecular weight excluding hydrogens is 266 g/mol. The van der Waals surface area contributed by atoms with E-state index in [1.54, 1.807) is 0 Å². The van der Waals surface area contributed by atoms with Crippen LogP contribution in [-0.4, -0.2) is 28.1 Å². The minimum atomic E-state index is 0.383. The number of oxazole rings is 1. The molecule has 0 fully saturated rings. The number of aromatic amines is 1. The molecular formula is C12H15N3OS2. The number of anilines is 1. The molecule has 2 N–H and O–H groups in total. The summed E-state index contributed by atoms with van der Waals surface area (Å²) in [5, 5.41) is 3.93. The molecule has 1 heterocycles. The van der Waals surface area contributed by atoms with Crippen LogP contribution in [0.4, 0.5) is 5.69 Å². The van der Waals surface area contributed by atoms with E-state index >= 15 is 0 Å². The molecule has 4 nitrogen and oxygen atoms in total. The number of hydrogen-bond donors (Lipinski definition) is 2. The van der Waals surface area contributed by atoms with Gasteiger partial charge in [0.2, 0.25) is 0 Å². The van der Waals surface area contributed by atoms with Gasteiger partial charge in [-0.05, 0) is 56.5 Å². The normalized spacial score (nSPS) is 10.6. The fraction of sp³-hybridized carbons (Fsp3) is 0.333. The summed E-state index contributed by atoms with van der Waals surface area (Å²) in [5.41, 5.74) is 2.54. The van der Waals surface area contributed by atoms with Crippen LogP contribution in [0.2, 0.25) is 0 Å². The van der Waals surface area contributed by atoms with E-state index in [1.807, 2.05) is 18.2 Å². The highest BCUT2D eigenvalue weighted by Crippen LogP contribution is 2.18. The first kappa shape index (κ1) is 13.0. The van der Waals surface area contributed by atoms with Crippen molar-refractivity contribution in [2.45, 2.75) is 13.8 Å². The summed E-state index contributed by atoms with van der Waals surface area (Å²) >= 11 is 10.3. The Morgan fingerprint density at radius 3 is 2.78 bits per heavy atom. The van der Waals surface area contributed by atoms with Crippen LogP contribution >= 0.6 is 24.4 Å². The first-order valence-electron chi connectivity index (χ1n) is 5.82. The van der Waals surface area contributed by atoms with Gasteiger partial charge in [0.25, 0.3) is 4.84 Å². The molecule has 1 aromatic carbocycles. The number of aromatic nitrogens is 1. The number of H-pyrrole nitrogens is 1. The Balaban J connectivity index is 2.21. The van der Waals surface area contributed by atoms with E-state index in [9.17, 15) is 0 Å². The van der Waals surface area contributed by atoms with Gasteiger partial charge in [-0.1, -0.05) is 0 Å². The Bertz CT molecular complexity index is 613. The van der Waals surface area contributed by atoms with E-state index in [1.165, 1.54) is 0 Å². The fourth-order valence-corrected chi connectivity index (χ4v) is 2.32. The quantitative estimate of drug-likeness (QED) is 0.843. The molecule has 96 valence electrons. The molecule has 0 aliphatic heterocycles. The lowest BCUT2D eigenvalue weighted by atomic mass is 10.3. The summed E-state index contributed by atoms with van der Waals surface area (Å²) < 4.78 is 5.31. The molecule has 0 unspecified atom stereocenters. The van der Waals surface area contributed by atoms with Gasteiger partial charge >= 0.3 is 0 Å².